The fourth-order valence-electron chi connectivity index (χ4n) is 4.21. The molecule has 0 aromatic heterocycles. The van der Waals surface area contributed by atoms with Crippen LogP contribution >= 0.6 is 0 Å². The molecule has 0 radical (unpaired) electrons. The Bertz CT molecular complexity index is 495. The van der Waals surface area contributed by atoms with Gasteiger partial charge in [0.25, 0.3) is 0 Å². The molecule has 0 amide bonds. The van der Waals surface area contributed by atoms with Gasteiger partial charge in [0.15, 0.2) is 0 Å². The minimum atomic E-state index is -0.514. The van der Waals surface area contributed by atoms with Crippen molar-refractivity contribution in [1.82, 2.24) is 0 Å². The molecule has 2 aliphatic rings. The number of rotatable bonds is 16. The third kappa shape index (κ3) is 12.1. The molecule has 0 N–H and O–H groups in total. The Hall–Kier alpha value is 0.423. The Morgan fingerprint density at radius 1 is 0.586 bits per heavy atom. The summed E-state index contributed by atoms with van der Waals surface area (Å²) >= 11 is -0.514. The van der Waals surface area contributed by atoms with E-state index in [9.17, 15) is 0 Å². The summed E-state index contributed by atoms with van der Waals surface area (Å²) in [6.45, 7) is 4.61. The van der Waals surface area contributed by atoms with Gasteiger partial charge in [-0.25, -0.2) is 0 Å². The average molecular weight is 517 g/mol. The van der Waals surface area contributed by atoms with Gasteiger partial charge in [-0.1, -0.05) is 0 Å². The molecule has 29 heavy (non-hydrogen) atoms. The maximum absolute atomic E-state index is 2.47. The van der Waals surface area contributed by atoms with E-state index in [2.05, 4.69) is 38.2 Å². The van der Waals surface area contributed by atoms with Crippen LogP contribution in [0.4, 0.5) is 0 Å². The van der Waals surface area contributed by atoms with Gasteiger partial charge in [-0.2, -0.15) is 0 Å². The van der Waals surface area contributed by atoms with E-state index in [1.54, 1.807) is 11.1 Å². The first-order valence-electron chi connectivity index (χ1n) is 11.9. The van der Waals surface area contributed by atoms with Crippen LogP contribution in [0.15, 0.2) is 42.0 Å². The summed E-state index contributed by atoms with van der Waals surface area (Å²) in [6, 6.07) is 0. The zero-order chi connectivity index (χ0) is 19.2. The van der Waals surface area contributed by atoms with Crippen molar-refractivity contribution in [2.24, 2.45) is 0 Å². The van der Waals surface area contributed by atoms with Crippen LogP contribution in [0.3, 0.4) is 0 Å². The molecule has 0 saturated heterocycles. The molecule has 0 aromatic carbocycles. The number of hydrogen-bond acceptors (Lipinski definition) is 0. The Morgan fingerprint density at radius 3 is 1.38 bits per heavy atom. The predicted molar refractivity (Wildman–Crippen MR) is 118 cm³/mol. The van der Waals surface area contributed by atoms with Crippen molar-refractivity contribution in [3.63, 3.8) is 0 Å². The van der Waals surface area contributed by atoms with E-state index in [-0.39, 0.29) is 24.8 Å². The predicted octanol–water partition coefficient (Wildman–Crippen LogP) is 3.01. The van der Waals surface area contributed by atoms with E-state index in [1.165, 1.54) is 103 Å². The fraction of sp³-hybridized carbons (Fsp3) is 0.692. The van der Waals surface area contributed by atoms with Crippen molar-refractivity contribution in [3.8, 4) is 0 Å². The van der Waals surface area contributed by atoms with Gasteiger partial charge in [0.2, 0.25) is 0 Å². The Morgan fingerprint density at radius 2 is 0.966 bits per heavy atom. The summed E-state index contributed by atoms with van der Waals surface area (Å²) in [5, 5.41) is 0. The van der Waals surface area contributed by atoms with Crippen molar-refractivity contribution >= 4 is 0 Å². The maximum atomic E-state index is 2.47. The SMILES string of the molecule is CCCCCCCCC1=[C]([Zr+2][C]2=C(CCCCCCCC)C=CC2)CC=C1.[Cl-].[Cl-]. The van der Waals surface area contributed by atoms with E-state index < -0.39 is 23.2 Å². The second-order valence-corrected chi connectivity index (χ2v) is 12.0. The van der Waals surface area contributed by atoms with Crippen LogP contribution in [0, 0.1) is 0 Å². The van der Waals surface area contributed by atoms with E-state index >= 15 is 0 Å². The van der Waals surface area contributed by atoms with E-state index in [1.807, 2.05) is 6.56 Å². The normalized spacial score (nSPS) is 15.0. The molecule has 164 valence electrons. The Labute approximate surface area is 205 Å². The monoisotopic (exact) mass is 514 g/mol. The van der Waals surface area contributed by atoms with Crippen LogP contribution in [-0.4, -0.2) is 0 Å². The third-order valence-corrected chi connectivity index (χ3v) is 10.0. The quantitative estimate of drug-likeness (QED) is 0.277. The van der Waals surface area contributed by atoms with Crippen LogP contribution in [-0.2, 0) is 23.2 Å². The van der Waals surface area contributed by atoms with Crippen molar-refractivity contribution in [1.29, 1.82) is 0 Å². The minimum Gasteiger partial charge on any atom is -1.00 e. The first-order chi connectivity index (χ1) is 13.3. The van der Waals surface area contributed by atoms with Crippen LogP contribution in [0.2, 0.25) is 0 Å². The van der Waals surface area contributed by atoms with Gasteiger partial charge in [0, 0.05) is 0 Å². The van der Waals surface area contributed by atoms with Crippen molar-refractivity contribution in [3.05, 3.63) is 42.0 Å². The molecule has 0 atom stereocenters. The minimum absolute atomic E-state index is 0. The van der Waals surface area contributed by atoms with Crippen LogP contribution in [0.25, 0.3) is 0 Å². The first kappa shape index (κ1) is 29.4. The smallest absolute Gasteiger partial charge is 1.00 e. The van der Waals surface area contributed by atoms with Crippen molar-refractivity contribution in [2.45, 2.75) is 117 Å². The van der Waals surface area contributed by atoms with E-state index in [0.717, 1.165) is 0 Å². The summed E-state index contributed by atoms with van der Waals surface area (Å²) < 4.78 is 3.79. The number of halogens is 2. The molecule has 0 heterocycles. The molecule has 0 fully saturated rings. The van der Waals surface area contributed by atoms with Crippen molar-refractivity contribution in [2.75, 3.05) is 0 Å². The van der Waals surface area contributed by atoms with Gasteiger partial charge in [-0.15, -0.1) is 0 Å². The molecule has 0 nitrogen and oxygen atoms in total. The second-order valence-electron chi connectivity index (χ2n) is 8.38. The molecule has 0 spiro atoms. The van der Waals surface area contributed by atoms with Crippen LogP contribution in [0.5, 0.6) is 0 Å². The number of hydrogen-bond donors (Lipinski definition) is 0. The average Bonchev–Trinajstić information content (AvgIpc) is 3.31. The standard InChI is InChI=1S/2C13H21.2ClH.Zr/c2*1-2-3-4-5-6-7-10-13-11-8-9-12-13;;;/h2*8,11H,2-7,9-10H2,1H3;2*1H;/q;;;;+2/p-2. The van der Waals surface area contributed by atoms with E-state index in [4.69, 9.17) is 0 Å². The fourth-order valence-corrected chi connectivity index (χ4v) is 8.00. The first-order valence-corrected chi connectivity index (χ1v) is 14.3. The Kier molecular flexibility index (Phi) is 19.4. The van der Waals surface area contributed by atoms with Crippen LogP contribution < -0.4 is 24.8 Å². The number of allylic oxidation sites excluding steroid dienone is 8. The van der Waals surface area contributed by atoms with Gasteiger partial charge < -0.3 is 24.8 Å². The molecule has 3 heteroatoms. The summed E-state index contributed by atoms with van der Waals surface area (Å²) in [5.41, 5.74) is 3.49. The van der Waals surface area contributed by atoms with Gasteiger partial charge in [-0.3, -0.25) is 0 Å². The summed E-state index contributed by atoms with van der Waals surface area (Å²) in [6.07, 6.45) is 32.1. The molecule has 0 bridgehead atoms. The molecule has 0 aliphatic heterocycles. The molecule has 2 aliphatic carbocycles. The largest absolute Gasteiger partial charge is 1.00 e. The molecule has 2 rings (SSSR count). The van der Waals surface area contributed by atoms with Gasteiger partial charge in [-0.05, 0) is 0 Å². The molecular formula is C26H42Cl2Zr. The van der Waals surface area contributed by atoms with E-state index in [0.29, 0.717) is 0 Å². The van der Waals surface area contributed by atoms with Gasteiger partial charge in [0.05, 0.1) is 0 Å². The zero-order valence-corrected chi connectivity index (χ0v) is 22.8. The van der Waals surface area contributed by atoms with Crippen LogP contribution in [0.1, 0.15) is 117 Å². The maximum Gasteiger partial charge on any atom is -1.00 e. The summed E-state index contributed by atoms with van der Waals surface area (Å²) in [7, 11) is 0. The van der Waals surface area contributed by atoms with Crippen molar-refractivity contribution < 1.29 is 48.0 Å². The topological polar surface area (TPSA) is 0 Å². The summed E-state index contributed by atoms with van der Waals surface area (Å²) in [4.78, 5) is 0. The summed E-state index contributed by atoms with van der Waals surface area (Å²) in [5.74, 6) is 0. The molecule has 0 aromatic rings. The van der Waals surface area contributed by atoms with Gasteiger partial charge in [0.1, 0.15) is 0 Å². The van der Waals surface area contributed by atoms with Gasteiger partial charge >= 0.3 is 182 Å². The Balaban J connectivity index is 0.00000392. The molecule has 0 saturated carbocycles. The molecular weight excluding hydrogens is 474 g/mol. The zero-order valence-electron chi connectivity index (χ0n) is 18.9. The molecule has 0 unspecified atom stereocenters. The number of unbranched alkanes of at least 4 members (excludes halogenated alkanes) is 10. The second kappa shape index (κ2) is 19.1. The third-order valence-electron chi connectivity index (χ3n) is 5.96.